The first-order valence-electron chi connectivity index (χ1n) is 6.44. The van der Waals surface area contributed by atoms with E-state index in [0.717, 1.165) is 12.8 Å². The summed E-state index contributed by atoms with van der Waals surface area (Å²) in [6, 6.07) is -0.534. The molecule has 0 aliphatic heterocycles. The van der Waals surface area contributed by atoms with Gasteiger partial charge in [-0.15, -0.1) is 0 Å². The van der Waals surface area contributed by atoms with Gasteiger partial charge in [0.25, 0.3) is 0 Å². The minimum atomic E-state index is -1.15. The summed E-state index contributed by atoms with van der Waals surface area (Å²) in [6.45, 7) is 2.42. The summed E-state index contributed by atoms with van der Waals surface area (Å²) in [6.07, 6.45) is 2.48. The van der Waals surface area contributed by atoms with Crippen LogP contribution in [0.4, 0.5) is 4.79 Å². The molecule has 0 unspecified atom stereocenters. The molecule has 0 heterocycles. The number of amides is 3. The van der Waals surface area contributed by atoms with Crippen molar-refractivity contribution in [2.24, 2.45) is 0 Å². The maximum Gasteiger partial charge on any atom is 0.329 e. The molecule has 108 valence electrons. The number of carboxylic acids is 1. The van der Waals surface area contributed by atoms with Gasteiger partial charge in [0.15, 0.2) is 0 Å². The lowest BCUT2D eigenvalue weighted by Crippen LogP contribution is -2.61. The highest BCUT2D eigenvalue weighted by Gasteiger charge is 2.46. The summed E-state index contributed by atoms with van der Waals surface area (Å²) < 4.78 is 0. The van der Waals surface area contributed by atoms with Crippen molar-refractivity contribution in [1.29, 1.82) is 0 Å². The number of urea groups is 1. The van der Waals surface area contributed by atoms with Crippen LogP contribution in [0.2, 0.25) is 0 Å². The number of carbonyl (C=O) groups excluding carboxylic acids is 2. The van der Waals surface area contributed by atoms with Crippen LogP contribution in [0.15, 0.2) is 0 Å². The van der Waals surface area contributed by atoms with Crippen LogP contribution in [0, 0.1) is 0 Å². The van der Waals surface area contributed by atoms with E-state index in [-0.39, 0.29) is 12.5 Å². The third-order valence-corrected chi connectivity index (χ3v) is 3.26. The quantitative estimate of drug-likeness (QED) is 0.641. The SMILES string of the molecule is CCCNC(=O)CN(C)C(=O)NC1(C(=O)O)CCC1. The van der Waals surface area contributed by atoms with Gasteiger partial charge in [0, 0.05) is 13.6 Å². The Morgan fingerprint density at radius 1 is 1.32 bits per heavy atom. The number of carbonyl (C=O) groups is 3. The van der Waals surface area contributed by atoms with Crippen LogP contribution in [0.5, 0.6) is 0 Å². The molecule has 0 atom stereocenters. The summed E-state index contributed by atoms with van der Waals surface area (Å²) in [7, 11) is 1.47. The Hall–Kier alpha value is -1.79. The number of aliphatic carboxylic acids is 1. The molecule has 7 heteroatoms. The summed E-state index contributed by atoms with van der Waals surface area (Å²) in [5.74, 6) is -1.27. The topological polar surface area (TPSA) is 98.7 Å². The average Bonchev–Trinajstić information content (AvgIpc) is 2.30. The molecular formula is C12H21N3O4. The summed E-state index contributed by atoms with van der Waals surface area (Å²) in [4.78, 5) is 35.6. The van der Waals surface area contributed by atoms with Crippen LogP contribution < -0.4 is 10.6 Å². The second kappa shape index (κ2) is 6.40. The molecule has 1 rings (SSSR count). The van der Waals surface area contributed by atoms with Crippen molar-refractivity contribution in [1.82, 2.24) is 15.5 Å². The molecule has 0 radical (unpaired) electrons. The number of likely N-dealkylation sites (N-methyl/N-ethyl adjacent to an activating group) is 1. The molecule has 1 aliphatic carbocycles. The summed E-state index contributed by atoms with van der Waals surface area (Å²) in [5.41, 5.74) is -1.15. The van der Waals surface area contributed by atoms with E-state index in [9.17, 15) is 14.4 Å². The van der Waals surface area contributed by atoms with Gasteiger partial charge in [-0.05, 0) is 25.7 Å². The van der Waals surface area contributed by atoms with Crippen LogP contribution in [-0.4, -0.2) is 53.6 Å². The largest absolute Gasteiger partial charge is 0.480 e. The van der Waals surface area contributed by atoms with Crippen LogP contribution in [-0.2, 0) is 9.59 Å². The lowest BCUT2D eigenvalue weighted by atomic mass is 9.77. The molecule has 0 spiro atoms. The highest BCUT2D eigenvalue weighted by atomic mass is 16.4. The van der Waals surface area contributed by atoms with Crippen LogP contribution in [0.25, 0.3) is 0 Å². The van der Waals surface area contributed by atoms with Gasteiger partial charge >= 0.3 is 12.0 Å². The normalized spacial score (nSPS) is 16.1. The van der Waals surface area contributed by atoms with E-state index in [0.29, 0.717) is 19.4 Å². The molecule has 0 aromatic heterocycles. The van der Waals surface area contributed by atoms with Crippen molar-refractivity contribution in [2.45, 2.75) is 38.1 Å². The Balaban J connectivity index is 2.44. The Kier molecular flexibility index (Phi) is 5.14. The Labute approximate surface area is 112 Å². The van der Waals surface area contributed by atoms with Gasteiger partial charge in [-0.25, -0.2) is 9.59 Å². The van der Waals surface area contributed by atoms with Crippen molar-refractivity contribution in [3.05, 3.63) is 0 Å². The first kappa shape index (κ1) is 15.3. The number of rotatable bonds is 6. The monoisotopic (exact) mass is 271 g/mol. The second-order valence-electron chi connectivity index (χ2n) is 4.88. The zero-order valence-electron chi connectivity index (χ0n) is 11.4. The predicted octanol–water partition coefficient (Wildman–Crippen LogP) is 0.161. The molecule has 0 saturated heterocycles. The fourth-order valence-corrected chi connectivity index (χ4v) is 1.83. The predicted molar refractivity (Wildman–Crippen MR) is 68.7 cm³/mol. The minimum absolute atomic E-state index is 0.0818. The molecule has 3 N–H and O–H groups in total. The average molecular weight is 271 g/mol. The standard InChI is InChI=1S/C12H21N3O4/c1-3-7-13-9(16)8-15(2)11(19)14-12(10(17)18)5-4-6-12/h3-8H2,1-2H3,(H,13,16)(H,14,19)(H,17,18). The fourth-order valence-electron chi connectivity index (χ4n) is 1.83. The number of hydrogen-bond donors (Lipinski definition) is 3. The highest BCUT2D eigenvalue weighted by molar-refractivity contribution is 5.89. The molecule has 0 bridgehead atoms. The van der Waals surface area contributed by atoms with E-state index >= 15 is 0 Å². The first-order valence-corrected chi connectivity index (χ1v) is 6.44. The van der Waals surface area contributed by atoms with E-state index < -0.39 is 17.5 Å². The molecule has 7 nitrogen and oxygen atoms in total. The molecule has 19 heavy (non-hydrogen) atoms. The molecule has 3 amide bonds. The molecule has 0 aromatic carbocycles. The number of hydrogen-bond acceptors (Lipinski definition) is 3. The third kappa shape index (κ3) is 3.84. The van der Waals surface area contributed by atoms with Gasteiger partial charge in [0.2, 0.25) is 5.91 Å². The second-order valence-corrected chi connectivity index (χ2v) is 4.88. The summed E-state index contributed by atoms with van der Waals surface area (Å²) in [5, 5.41) is 14.3. The number of carboxylic acid groups (broad SMARTS) is 1. The van der Waals surface area contributed by atoms with Gasteiger partial charge in [0.1, 0.15) is 12.1 Å². The Morgan fingerprint density at radius 2 is 1.95 bits per heavy atom. The summed E-state index contributed by atoms with van der Waals surface area (Å²) >= 11 is 0. The Bertz CT molecular complexity index is 366. The smallest absolute Gasteiger partial charge is 0.329 e. The molecule has 1 saturated carbocycles. The Morgan fingerprint density at radius 3 is 2.37 bits per heavy atom. The van der Waals surface area contributed by atoms with E-state index in [4.69, 9.17) is 5.11 Å². The molecule has 0 aromatic rings. The van der Waals surface area contributed by atoms with E-state index in [2.05, 4.69) is 10.6 Å². The maximum atomic E-state index is 11.8. The maximum absolute atomic E-state index is 11.8. The van der Waals surface area contributed by atoms with Crippen molar-refractivity contribution >= 4 is 17.9 Å². The third-order valence-electron chi connectivity index (χ3n) is 3.26. The van der Waals surface area contributed by atoms with Gasteiger partial charge in [0.05, 0.1) is 0 Å². The van der Waals surface area contributed by atoms with Crippen LogP contribution >= 0.6 is 0 Å². The minimum Gasteiger partial charge on any atom is -0.480 e. The lowest BCUT2D eigenvalue weighted by molar-refractivity contribution is -0.148. The van der Waals surface area contributed by atoms with Crippen molar-refractivity contribution in [3.63, 3.8) is 0 Å². The van der Waals surface area contributed by atoms with Crippen LogP contribution in [0.1, 0.15) is 32.6 Å². The van der Waals surface area contributed by atoms with Gasteiger partial charge < -0.3 is 20.6 Å². The van der Waals surface area contributed by atoms with E-state index in [1.54, 1.807) is 0 Å². The van der Waals surface area contributed by atoms with Crippen molar-refractivity contribution in [3.8, 4) is 0 Å². The lowest BCUT2D eigenvalue weighted by Gasteiger charge is -2.39. The highest BCUT2D eigenvalue weighted by Crippen LogP contribution is 2.32. The number of nitrogens with zero attached hydrogens (tertiary/aromatic N) is 1. The molecular weight excluding hydrogens is 250 g/mol. The molecule has 1 fully saturated rings. The van der Waals surface area contributed by atoms with Gasteiger partial charge in [-0.3, -0.25) is 4.79 Å². The zero-order valence-corrected chi connectivity index (χ0v) is 11.4. The number of nitrogens with one attached hydrogen (secondary N) is 2. The van der Waals surface area contributed by atoms with Gasteiger partial charge in [-0.2, -0.15) is 0 Å². The van der Waals surface area contributed by atoms with E-state index in [1.807, 2.05) is 6.92 Å². The van der Waals surface area contributed by atoms with Gasteiger partial charge in [-0.1, -0.05) is 6.92 Å². The molecule has 1 aliphatic rings. The van der Waals surface area contributed by atoms with E-state index in [1.165, 1.54) is 11.9 Å². The fraction of sp³-hybridized carbons (Fsp3) is 0.750. The van der Waals surface area contributed by atoms with Crippen molar-refractivity contribution in [2.75, 3.05) is 20.1 Å². The first-order chi connectivity index (χ1) is 8.91. The van der Waals surface area contributed by atoms with Crippen LogP contribution in [0.3, 0.4) is 0 Å². The van der Waals surface area contributed by atoms with Crippen molar-refractivity contribution < 1.29 is 19.5 Å². The zero-order chi connectivity index (χ0) is 14.5.